The number of pyridine rings is 1. The van der Waals surface area contributed by atoms with Crippen LogP contribution in [0.4, 0.5) is 0 Å². The summed E-state index contributed by atoms with van der Waals surface area (Å²) in [6, 6.07) is 1.99. The molecule has 5 nitrogen and oxygen atoms in total. The van der Waals surface area contributed by atoms with E-state index in [1.807, 2.05) is 37.4 Å². The van der Waals surface area contributed by atoms with Gasteiger partial charge in [0.2, 0.25) is 0 Å². The molecule has 0 saturated carbocycles. The first-order valence-electron chi connectivity index (χ1n) is 7.10. The van der Waals surface area contributed by atoms with E-state index in [1.54, 1.807) is 4.90 Å². The van der Waals surface area contributed by atoms with Crippen LogP contribution in [0.5, 0.6) is 0 Å². The van der Waals surface area contributed by atoms with Gasteiger partial charge in [-0.2, -0.15) is 0 Å². The molecule has 0 radical (unpaired) electrons. The van der Waals surface area contributed by atoms with Crippen molar-refractivity contribution in [3.8, 4) is 0 Å². The highest BCUT2D eigenvalue weighted by molar-refractivity contribution is 9.10. The van der Waals surface area contributed by atoms with Gasteiger partial charge in [-0.3, -0.25) is 9.20 Å². The summed E-state index contributed by atoms with van der Waals surface area (Å²) in [6.07, 6.45) is 2.56. The third-order valence-electron chi connectivity index (χ3n) is 3.52. The Morgan fingerprint density at radius 2 is 2.19 bits per heavy atom. The Balaban J connectivity index is 2.63. The van der Waals surface area contributed by atoms with E-state index in [9.17, 15) is 4.79 Å². The lowest BCUT2D eigenvalue weighted by Gasteiger charge is -2.20. The molecule has 2 rings (SSSR count). The number of aryl methyl sites for hydroxylation is 2. The van der Waals surface area contributed by atoms with Crippen molar-refractivity contribution in [2.75, 3.05) is 19.7 Å². The molecule has 0 aliphatic rings. The van der Waals surface area contributed by atoms with Crippen LogP contribution in [-0.4, -0.2) is 45.0 Å². The van der Waals surface area contributed by atoms with Gasteiger partial charge in [0.15, 0.2) is 0 Å². The first-order valence-corrected chi connectivity index (χ1v) is 7.89. The lowest BCUT2D eigenvalue weighted by Crippen LogP contribution is -2.34. The normalized spacial score (nSPS) is 11.1. The third-order valence-corrected chi connectivity index (χ3v) is 3.95. The van der Waals surface area contributed by atoms with Crippen molar-refractivity contribution in [3.05, 3.63) is 33.7 Å². The van der Waals surface area contributed by atoms with E-state index in [0.29, 0.717) is 25.2 Å². The summed E-state index contributed by atoms with van der Waals surface area (Å²) in [7, 11) is 0. The number of halogens is 1. The van der Waals surface area contributed by atoms with E-state index < -0.39 is 0 Å². The maximum atomic E-state index is 12.8. The van der Waals surface area contributed by atoms with Crippen molar-refractivity contribution < 1.29 is 9.90 Å². The molecule has 1 amide bonds. The summed E-state index contributed by atoms with van der Waals surface area (Å²) >= 11 is 3.47. The summed E-state index contributed by atoms with van der Waals surface area (Å²) in [5.74, 6) is -0.0894. The zero-order chi connectivity index (χ0) is 15.6. The van der Waals surface area contributed by atoms with Gasteiger partial charge in [0.05, 0.1) is 12.3 Å². The molecule has 1 N–H and O–H groups in total. The highest BCUT2D eigenvalue weighted by atomic mass is 79.9. The molecule has 0 aromatic carbocycles. The van der Waals surface area contributed by atoms with Gasteiger partial charge in [-0.15, -0.1) is 0 Å². The summed E-state index contributed by atoms with van der Waals surface area (Å²) in [5.41, 5.74) is 3.20. The molecule has 6 heteroatoms. The fourth-order valence-electron chi connectivity index (χ4n) is 2.46. The van der Waals surface area contributed by atoms with Gasteiger partial charge in [-0.05, 0) is 47.8 Å². The number of carbonyl (C=O) groups is 1. The van der Waals surface area contributed by atoms with Crippen molar-refractivity contribution in [3.63, 3.8) is 0 Å². The second-order valence-corrected chi connectivity index (χ2v) is 5.82. The average Bonchev–Trinajstić information content (AvgIpc) is 2.82. The van der Waals surface area contributed by atoms with Crippen LogP contribution in [-0.2, 0) is 6.42 Å². The van der Waals surface area contributed by atoms with Crippen LogP contribution in [0.15, 0.2) is 16.7 Å². The Morgan fingerprint density at radius 1 is 1.48 bits per heavy atom. The minimum Gasteiger partial charge on any atom is -0.395 e. The van der Waals surface area contributed by atoms with Crippen molar-refractivity contribution in [2.24, 2.45) is 0 Å². The van der Waals surface area contributed by atoms with Crippen LogP contribution < -0.4 is 0 Å². The van der Waals surface area contributed by atoms with Gasteiger partial charge in [0.1, 0.15) is 11.3 Å². The van der Waals surface area contributed by atoms with E-state index in [2.05, 4.69) is 20.9 Å². The number of carbonyl (C=O) groups excluding carboxylic acids is 1. The fraction of sp³-hybridized carbons (Fsp3) is 0.467. The molecule has 0 atom stereocenters. The molecule has 0 bridgehead atoms. The molecule has 2 aromatic rings. The molecule has 0 aliphatic carbocycles. The molecular formula is C15H20BrN3O2. The maximum Gasteiger partial charge on any atom is 0.272 e. The molecule has 0 saturated heterocycles. The Hall–Kier alpha value is -1.40. The number of aliphatic hydroxyl groups excluding tert-OH is 1. The molecule has 2 aromatic heterocycles. The van der Waals surface area contributed by atoms with Gasteiger partial charge < -0.3 is 10.0 Å². The molecule has 0 spiro atoms. The Bertz CT molecular complexity index is 666. The zero-order valence-corrected chi connectivity index (χ0v) is 14.1. The largest absolute Gasteiger partial charge is 0.395 e. The van der Waals surface area contributed by atoms with Crippen LogP contribution in [0.3, 0.4) is 0 Å². The smallest absolute Gasteiger partial charge is 0.272 e. The van der Waals surface area contributed by atoms with Gasteiger partial charge in [-0.25, -0.2) is 4.98 Å². The first-order chi connectivity index (χ1) is 10.0. The lowest BCUT2D eigenvalue weighted by molar-refractivity contribution is 0.0724. The van der Waals surface area contributed by atoms with Gasteiger partial charge in [0.25, 0.3) is 5.91 Å². The number of fused-ring (bicyclic) bond motifs is 1. The quantitative estimate of drug-likeness (QED) is 0.897. The summed E-state index contributed by atoms with van der Waals surface area (Å²) < 4.78 is 2.76. The zero-order valence-electron chi connectivity index (χ0n) is 12.6. The monoisotopic (exact) mass is 353 g/mol. The predicted octanol–water partition coefficient (Wildman–Crippen LogP) is 2.42. The minimum atomic E-state index is -0.0894. The number of imidazole rings is 1. The minimum absolute atomic E-state index is 0.0412. The fourth-order valence-corrected chi connectivity index (χ4v) is 3.01. The van der Waals surface area contributed by atoms with Gasteiger partial charge in [-0.1, -0.05) is 6.92 Å². The van der Waals surface area contributed by atoms with Crippen LogP contribution in [0, 0.1) is 6.92 Å². The number of aromatic nitrogens is 2. The molecule has 21 heavy (non-hydrogen) atoms. The highest BCUT2D eigenvalue weighted by Gasteiger charge is 2.23. The van der Waals surface area contributed by atoms with Gasteiger partial charge >= 0.3 is 0 Å². The van der Waals surface area contributed by atoms with E-state index in [0.717, 1.165) is 21.4 Å². The summed E-state index contributed by atoms with van der Waals surface area (Å²) in [5, 5.41) is 9.12. The average molecular weight is 354 g/mol. The number of aliphatic hydroxyl groups is 1. The lowest BCUT2D eigenvalue weighted by atomic mass is 10.2. The number of likely N-dealkylation sites (N-methyl/N-ethyl adjacent to an activating group) is 1. The first kappa shape index (κ1) is 16.0. The Kier molecular flexibility index (Phi) is 5.00. The van der Waals surface area contributed by atoms with Crippen LogP contribution in [0.2, 0.25) is 0 Å². The maximum absolute atomic E-state index is 12.8. The molecular weight excluding hydrogens is 334 g/mol. The van der Waals surface area contributed by atoms with Crippen molar-refractivity contribution in [2.45, 2.75) is 27.2 Å². The standard InChI is InChI=1S/C15H20BrN3O2/c1-4-12-13(15(21)18(5-2)6-7-20)19-9-11(16)8-10(3)14(19)17-12/h8-9,20H,4-7H2,1-3H3. The second-order valence-electron chi connectivity index (χ2n) is 4.90. The Morgan fingerprint density at radius 3 is 2.76 bits per heavy atom. The van der Waals surface area contributed by atoms with Crippen LogP contribution in [0.25, 0.3) is 5.65 Å². The van der Waals surface area contributed by atoms with Crippen molar-refractivity contribution in [1.29, 1.82) is 0 Å². The summed E-state index contributed by atoms with van der Waals surface area (Å²) in [6.45, 7) is 6.73. The molecule has 114 valence electrons. The number of hydrogen-bond acceptors (Lipinski definition) is 3. The predicted molar refractivity (Wildman–Crippen MR) is 85.7 cm³/mol. The molecule has 0 fully saturated rings. The van der Waals surface area contributed by atoms with Crippen molar-refractivity contribution >= 4 is 27.5 Å². The van der Waals surface area contributed by atoms with E-state index in [-0.39, 0.29) is 12.5 Å². The SMILES string of the molecule is CCc1nc2c(C)cc(Br)cn2c1C(=O)N(CC)CCO. The van der Waals surface area contributed by atoms with Crippen LogP contribution in [0.1, 0.15) is 35.6 Å². The second kappa shape index (κ2) is 6.58. The van der Waals surface area contributed by atoms with E-state index >= 15 is 0 Å². The Labute approximate surface area is 132 Å². The number of rotatable bonds is 5. The number of hydrogen-bond donors (Lipinski definition) is 1. The number of amides is 1. The summed E-state index contributed by atoms with van der Waals surface area (Å²) in [4.78, 5) is 19.0. The molecule has 2 heterocycles. The van der Waals surface area contributed by atoms with E-state index in [4.69, 9.17) is 5.11 Å². The topological polar surface area (TPSA) is 57.8 Å². The highest BCUT2D eigenvalue weighted by Crippen LogP contribution is 2.22. The van der Waals surface area contributed by atoms with Crippen LogP contribution >= 0.6 is 15.9 Å². The number of nitrogens with zero attached hydrogens (tertiary/aromatic N) is 3. The van der Waals surface area contributed by atoms with Gasteiger partial charge in [0, 0.05) is 23.8 Å². The van der Waals surface area contributed by atoms with Crippen molar-refractivity contribution in [1.82, 2.24) is 14.3 Å². The van der Waals surface area contributed by atoms with E-state index in [1.165, 1.54) is 0 Å². The molecule has 0 unspecified atom stereocenters. The molecule has 0 aliphatic heterocycles. The third kappa shape index (κ3) is 2.96.